The molecule has 2 N–H and O–H groups in total. The average molecular weight is 346 g/mol. The summed E-state index contributed by atoms with van der Waals surface area (Å²) in [4.78, 5) is 20.1. The van der Waals surface area contributed by atoms with Crippen LogP contribution in [0.4, 0.5) is 10.6 Å². The van der Waals surface area contributed by atoms with Gasteiger partial charge in [0.25, 0.3) is 0 Å². The maximum absolute atomic E-state index is 12.4. The number of β-amino-alcohol motifs (C(OH)–C–C–N with tert-alkyl or cyclic N) is 1. The fraction of sp³-hybridized carbons (Fsp3) is 0.500. The number of pyridine rings is 1. The Morgan fingerprint density at radius 2 is 2.28 bits per heavy atom. The molecular formula is C16H22N6O3. The Morgan fingerprint density at radius 3 is 2.92 bits per heavy atom. The van der Waals surface area contributed by atoms with E-state index in [1.807, 2.05) is 11.8 Å². The Morgan fingerprint density at radius 1 is 1.44 bits per heavy atom. The highest BCUT2D eigenvalue weighted by Crippen LogP contribution is 2.19. The van der Waals surface area contributed by atoms with Gasteiger partial charge in [-0.2, -0.15) is 0 Å². The molecule has 9 heteroatoms. The van der Waals surface area contributed by atoms with E-state index in [4.69, 9.17) is 4.42 Å². The second kappa shape index (κ2) is 7.58. The third-order valence-corrected chi connectivity index (χ3v) is 4.23. The van der Waals surface area contributed by atoms with Crippen LogP contribution >= 0.6 is 0 Å². The van der Waals surface area contributed by atoms with Crippen molar-refractivity contribution in [2.24, 2.45) is 0 Å². The number of aliphatic hydroxyl groups excluding tert-OH is 1. The van der Waals surface area contributed by atoms with E-state index in [1.54, 1.807) is 36.2 Å². The smallest absolute Gasteiger partial charge is 0.323 e. The molecule has 134 valence electrons. The van der Waals surface area contributed by atoms with Crippen molar-refractivity contribution < 1.29 is 14.3 Å². The molecular weight excluding hydrogens is 324 g/mol. The van der Waals surface area contributed by atoms with Crippen molar-refractivity contribution in [1.29, 1.82) is 0 Å². The van der Waals surface area contributed by atoms with Gasteiger partial charge in [-0.05, 0) is 18.7 Å². The number of aromatic nitrogens is 3. The lowest BCUT2D eigenvalue weighted by Gasteiger charge is -2.27. The summed E-state index contributed by atoms with van der Waals surface area (Å²) in [5.41, 5.74) is 0. The normalized spacial score (nSPS) is 20.2. The molecule has 2 amide bonds. The Balaban J connectivity index is 1.62. The Bertz CT molecular complexity index is 707. The number of nitrogens with zero attached hydrogens (tertiary/aromatic N) is 5. The lowest BCUT2D eigenvalue weighted by atomic mass is 10.2. The fourth-order valence-corrected chi connectivity index (χ4v) is 2.96. The van der Waals surface area contributed by atoms with Gasteiger partial charge < -0.3 is 14.4 Å². The molecule has 0 bridgehead atoms. The predicted molar refractivity (Wildman–Crippen MR) is 89.7 cm³/mol. The number of aryl methyl sites for hydroxylation is 1. The van der Waals surface area contributed by atoms with Gasteiger partial charge in [0.05, 0.1) is 25.2 Å². The van der Waals surface area contributed by atoms with Crippen LogP contribution in [0.2, 0.25) is 0 Å². The van der Waals surface area contributed by atoms with Crippen LogP contribution in [0.15, 0.2) is 28.8 Å². The molecule has 0 aliphatic carbocycles. The van der Waals surface area contributed by atoms with Crippen LogP contribution in [0, 0.1) is 6.92 Å². The second-order valence-electron chi connectivity index (χ2n) is 5.96. The molecule has 0 aromatic carbocycles. The Hall–Kier alpha value is -2.52. The minimum atomic E-state index is -0.640. The molecule has 0 unspecified atom stereocenters. The first-order valence-electron chi connectivity index (χ1n) is 8.25. The molecule has 3 rings (SSSR count). The van der Waals surface area contributed by atoms with E-state index >= 15 is 0 Å². The topological polar surface area (TPSA) is 108 Å². The van der Waals surface area contributed by atoms with Crippen LogP contribution < -0.4 is 5.32 Å². The number of amides is 2. The van der Waals surface area contributed by atoms with Crippen molar-refractivity contribution in [2.45, 2.75) is 32.5 Å². The first-order chi connectivity index (χ1) is 12.1. The molecule has 0 radical (unpaired) electrons. The van der Waals surface area contributed by atoms with Crippen LogP contribution in [0.5, 0.6) is 0 Å². The van der Waals surface area contributed by atoms with Crippen LogP contribution in [0.1, 0.15) is 18.7 Å². The first kappa shape index (κ1) is 17.3. The van der Waals surface area contributed by atoms with Gasteiger partial charge in [-0.15, -0.1) is 10.2 Å². The lowest BCUT2D eigenvalue weighted by Crippen LogP contribution is -2.43. The lowest BCUT2D eigenvalue weighted by molar-refractivity contribution is 0.0760. The highest BCUT2D eigenvalue weighted by atomic mass is 16.4. The van der Waals surface area contributed by atoms with E-state index in [1.165, 1.54) is 0 Å². The number of hydrogen-bond acceptors (Lipinski definition) is 7. The Labute approximate surface area is 145 Å². The highest BCUT2D eigenvalue weighted by Gasteiger charge is 2.37. The quantitative estimate of drug-likeness (QED) is 0.827. The van der Waals surface area contributed by atoms with Gasteiger partial charge in [0.1, 0.15) is 5.82 Å². The second-order valence-corrected chi connectivity index (χ2v) is 5.96. The van der Waals surface area contributed by atoms with Crippen molar-refractivity contribution in [3.8, 4) is 0 Å². The number of carbonyl (C=O) groups excluding carboxylic acids is 1. The van der Waals surface area contributed by atoms with Crippen molar-refractivity contribution in [3.05, 3.63) is 36.2 Å². The van der Waals surface area contributed by atoms with Gasteiger partial charge in [0.15, 0.2) is 0 Å². The summed E-state index contributed by atoms with van der Waals surface area (Å²) < 4.78 is 5.42. The molecule has 9 nitrogen and oxygen atoms in total. The molecule has 1 saturated heterocycles. The van der Waals surface area contributed by atoms with E-state index in [0.717, 1.165) is 0 Å². The van der Waals surface area contributed by atoms with Gasteiger partial charge in [-0.25, -0.2) is 9.78 Å². The minimum Gasteiger partial charge on any atom is -0.424 e. The number of likely N-dealkylation sites (N-methyl/N-ethyl adjacent to an activating group) is 1. The zero-order chi connectivity index (χ0) is 17.8. The van der Waals surface area contributed by atoms with Gasteiger partial charge in [0, 0.05) is 19.7 Å². The molecule has 2 aromatic heterocycles. The standard InChI is InChI=1S/C16H22N6O3/c1-3-21(10-15-20-19-11(2)25-15)12-8-22(9-13(12)23)16(24)18-14-6-4-5-7-17-14/h4-7,12-13,23H,3,8-10H2,1-2H3,(H,17,18,24)/t12-,13-/m1/s1. The summed E-state index contributed by atoms with van der Waals surface area (Å²) in [7, 11) is 0. The number of aliphatic hydroxyl groups is 1. The van der Waals surface area contributed by atoms with Crippen molar-refractivity contribution in [2.75, 3.05) is 25.0 Å². The van der Waals surface area contributed by atoms with Gasteiger partial charge in [-0.1, -0.05) is 13.0 Å². The molecule has 2 atom stereocenters. The highest BCUT2D eigenvalue weighted by molar-refractivity contribution is 5.88. The van der Waals surface area contributed by atoms with Gasteiger partial charge >= 0.3 is 6.03 Å². The van der Waals surface area contributed by atoms with E-state index in [2.05, 4.69) is 20.5 Å². The maximum Gasteiger partial charge on any atom is 0.323 e. The van der Waals surface area contributed by atoms with Crippen molar-refractivity contribution in [3.63, 3.8) is 0 Å². The van der Waals surface area contributed by atoms with E-state index < -0.39 is 6.10 Å². The molecule has 2 aromatic rings. The number of anilines is 1. The van der Waals surface area contributed by atoms with Crippen molar-refractivity contribution in [1.82, 2.24) is 25.0 Å². The third-order valence-electron chi connectivity index (χ3n) is 4.23. The molecule has 1 fully saturated rings. The van der Waals surface area contributed by atoms with Crippen LogP contribution in [0.3, 0.4) is 0 Å². The van der Waals surface area contributed by atoms with Crippen LogP contribution in [-0.4, -0.2) is 67.9 Å². The zero-order valence-electron chi connectivity index (χ0n) is 14.3. The summed E-state index contributed by atoms with van der Waals surface area (Å²) in [6, 6.07) is 4.84. The summed E-state index contributed by atoms with van der Waals surface area (Å²) in [5, 5.41) is 21.0. The Kier molecular flexibility index (Phi) is 5.25. The first-order valence-corrected chi connectivity index (χ1v) is 8.25. The third kappa shape index (κ3) is 4.12. The summed E-state index contributed by atoms with van der Waals surface area (Å²) in [5.74, 6) is 1.50. The van der Waals surface area contributed by atoms with E-state index in [-0.39, 0.29) is 18.6 Å². The fourth-order valence-electron chi connectivity index (χ4n) is 2.96. The number of likely N-dealkylation sites (tertiary alicyclic amines) is 1. The maximum atomic E-state index is 12.4. The van der Waals surface area contributed by atoms with Crippen LogP contribution in [0.25, 0.3) is 0 Å². The number of urea groups is 1. The zero-order valence-corrected chi connectivity index (χ0v) is 14.3. The number of rotatable bonds is 5. The molecule has 1 aliphatic heterocycles. The predicted octanol–water partition coefficient (Wildman–Crippen LogP) is 0.872. The number of hydrogen-bond donors (Lipinski definition) is 2. The molecule has 3 heterocycles. The SMILES string of the molecule is CCN(Cc1nnc(C)o1)[C@@H]1CN(C(=O)Nc2ccccn2)C[C@H]1O. The number of nitrogens with one attached hydrogen (secondary N) is 1. The number of carbonyl (C=O) groups is 1. The molecule has 0 saturated carbocycles. The minimum absolute atomic E-state index is 0.188. The van der Waals surface area contributed by atoms with E-state index in [0.29, 0.717) is 37.2 Å². The summed E-state index contributed by atoms with van der Waals surface area (Å²) >= 11 is 0. The average Bonchev–Trinajstić information content (AvgIpc) is 3.19. The summed E-state index contributed by atoms with van der Waals surface area (Å²) in [6.07, 6.45) is 0.973. The molecule has 25 heavy (non-hydrogen) atoms. The van der Waals surface area contributed by atoms with E-state index in [9.17, 15) is 9.90 Å². The molecule has 1 aliphatic rings. The van der Waals surface area contributed by atoms with Crippen LogP contribution in [-0.2, 0) is 6.54 Å². The largest absolute Gasteiger partial charge is 0.424 e. The molecule has 0 spiro atoms. The summed E-state index contributed by atoms with van der Waals surface area (Å²) in [6.45, 7) is 5.55. The monoisotopic (exact) mass is 346 g/mol. The van der Waals surface area contributed by atoms with Gasteiger partial charge in [0.2, 0.25) is 11.8 Å². The van der Waals surface area contributed by atoms with Crippen molar-refractivity contribution >= 4 is 11.8 Å². The van der Waals surface area contributed by atoms with Gasteiger partial charge in [-0.3, -0.25) is 10.2 Å².